The smallest absolute Gasteiger partial charge is 0.435 e. The van der Waals surface area contributed by atoms with Gasteiger partial charge in [-0.1, -0.05) is 140 Å². The molecule has 0 unspecified atom stereocenters. The maximum Gasteiger partial charge on any atom is 0.435 e. The Kier molecular flexibility index (Phi) is 6.24. The van der Waals surface area contributed by atoms with Gasteiger partial charge in [-0.2, -0.15) is 5.06 Å². The lowest BCUT2D eigenvalue weighted by Gasteiger charge is -2.40. The third-order valence-electron chi connectivity index (χ3n) is 7.40. The van der Waals surface area contributed by atoms with Gasteiger partial charge in [0.2, 0.25) is 0 Å². The summed E-state index contributed by atoms with van der Waals surface area (Å²) in [6.45, 7) is 0.109. The second-order valence-corrected chi connectivity index (χ2v) is 9.42. The molecule has 186 valence electrons. The van der Waals surface area contributed by atoms with E-state index in [2.05, 4.69) is 24.3 Å². The molecule has 4 heteroatoms. The number of amides is 1. The molecule has 0 spiro atoms. The van der Waals surface area contributed by atoms with Crippen molar-refractivity contribution in [1.82, 2.24) is 5.06 Å². The Morgan fingerprint density at radius 3 is 1.39 bits per heavy atom. The molecule has 0 bridgehead atoms. The highest BCUT2D eigenvalue weighted by Crippen LogP contribution is 2.45. The number of nitrogens with zero attached hydrogens (tertiary/aromatic N) is 1. The zero-order valence-electron chi connectivity index (χ0n) is 20.8. The normalized spacial score (nSPS) is 12.4. The highest BCUT2D eigenvalue weighted by Gasteiger charge is 2.46. The Balaban J connectivity index is 1.40. The molecule has 5 aromatic rings. The molecule has 0 fully saturated rings. The average Bonchev–Trinajstić information content (AvgIpc) is 3.31. The van der Waals surface area contributed by atoms with Crippen molar-refractivity contribution in [3.05, 3.63) is 167 Å². The molecule has 1 aliphatic carbocycles. The summed E-state index contributed by atoms with van der Waals surface area (Å²) in [5, 5.41) is 12.6. The zero-order chi connectivity index (χ0) is 26.0. The monoisotopic (exact) mass is 497 g/mol. The van der Waals surface area contributed by atoms with E-state index in [0.29, 0.717) is 0 Å². The third kappa shape index (κ3) is 3.87. The molecule has 0 saturated heterocycles. The fourth-order valence-corrected chi connectivity index (χ4v) is 5.70. The maximum absolute atomic E-state index is 13.7. The maximum atomic E-state index is 13.7. The molecule has 0 saturated carbocycles. The van der Waals surface area contributed by atoms with Crippen LogP contribution in [0.2, 0.25) is 0 Å². The van der Waals surface area contributed by atoms with Gasteiger partial charge in [-0.15, -0.1) is 0 Å². The van der Waals surface area contributed by atoms with Crippen LogP contribution in [0.1, 0.15) is 33.7 Å². The van der Waals surface area contributed by atoms with Crippen LogP contribution in [0.3, 0.4) is 0 Å². The van der Waals surface area contributed by atoms with Crippen molar-refractivity contribution in [2.75, 3.05) is 6.61 Å². The standard InChI is InChI=1S/C34H27NO3/c36-33(38-24-32-30-22-12-10-20-28(30)29-21-11-13-23-31(29)32)35(37)34(25-14-4-1-5-15-25,26-16-6-2-7-17-26)27-18-8-3-9-19-27/h1-23,32,37H,24H2. The second kappa shape index (κ2) is 10.0. The molecule has 1 N–H and O–H groups in total. The largest absolute Gasteiger partial charge is 0.447 e. The summed E-state index contributed by atoms with van der Waals surface area (Å²) < 4.78 is 5.91. The molecule has 0 atom stereocenters. The number of carbonyl (C=O) groups excluding carboxylic acids is 1. The van der Waals surface area contributed by atoms with E-state index in [0.717, 1.165) is 44.0 Å². The van der Waals surface area contributed by atoms with Crippen LogP contribution in [0.5, 0.6) is 0 Å². The Labute approximate surface area is 222 Å². The van der Waals surface area contributed by atoms with Crippen LogP contribution in [0, 0.1) is 0 Å². The molecule has 0 aliphatic heterocycles. The fourth-order valence-electron chi connectivity index (χ4n) is 5.70. The van der Waals surface area contributed by atoms with E-state index in [9.17, 15) is 10.0 Å². The Morgan fingerprint density at radius 2 is 0.974 bits per heavy atom. The van der Waals surface area contributed by atoms with Crippen LogP contribution >= 0.6 is 0 Å². The Bertz CT molecular complexity index is 1410. The molecule has 38 heavy (non-hydrogen) atoms. The quantitative estimate of drug-likeness (QED) is 0.149. The Hall–Kier alpha value is -4.67. The van der Waals surface area contributed by atoms with Gasteiger partial charge in [0.25, 0.3) is 0 Å². The highest BCUT2D eigenvalue weighted by atomic mass is 16.6. The van der Waals surface area contributed by atoms with E-state index in [1.807, 2.05) is 115 Å². The van der Waals surface area contributed by atoms with Gasteiger partial charge in [-0.25, -0.2) is 4.79 Å². The molecule has 4 nitrogen and oxygen atoms in total. The van der Waals surface area contributed by atoms with Crippen molar-refractivity contribution in [2.45, 2.75) is 11.5 Å². The molecular weight excluding hydrogens is 470 g/mol. The van der Waals surface area contributed by atoms with Gasteiger partial charge < -0.3 is 4.74 Å². The van der Waals surface area contributed by atoms with Crippen molar-refractivity contribution in [3.8, 4) is 11.1 Å². The zero-order valence-corrected chi connectivity index (χ0v) is 20.8. The van der Waals surface area contributed by atoms with Crippen molar-refractivity contribution in [2.24, 2.45) is 0 Å². The van der Waals surface area contributed by atoms with Crippen molar-refractivity contribution < 1.29 is 14.7 Å². The third-order valence-corrected chi connectivity index (χ3v) is 7.40. The first-order chi connectivity index (χ1) is 18.7. The van der Waals surface area contributed by atoms with Gasteiger partial charge in [-0.3, -0.25) is 5.21 Å². The summed E-state index contributed by atoms with van der Waals surface area (Å²) in [5.41, 5.74) is 5.45. The molecule has 1 aliphatic rings. The van der Waals surface area contributed by atoms with E-state index in [1.54, 1.807) is 0 Å². The summed E-state index contributed by atoms with van der Waals surface area (Å²) in [6.07, 6.45) is -0.816. The number of benzene rings is 5. The van der Waals surface area contributed by atoms with E-state index in [4.69, 9.17) is 4.74 Å². The second-order valence-electron chi connectivity index (χ2n) is 9.42. The summed E-state index contributed by atoms with van der Waals surface area (Å²) in [4.78, 5) is 13.7. The number of fused-ring (bicyclic) bond motifs is 3. The topological polar surface area (TPSA) is 49.8 Å². The Morgan fingerprint density at radius 1 is 0.605 bits per heavy atom. The number of rotatable bonds is 6. The number of hydrogen-bond donors (Lipinski definition) is 1. The van der Waals surface area contributed by atoms with Crippen LogP contribution in [0.25, 0.3) is 11.1 Å². The van der Waals surface area contributed by atoms with Crippen LogP contribution < -0.4 is 0 Å². The predicted molar refractivity (Wildman–Crippen MR) is 148 cm³/mol. The van der Waals surface area contributed by atoms with Gasteiger partial charge in [0, 0.05) is 5.92 Å². The SMILES string of the molecule is O=C(OCC1c2ccccc2-c2ccccc21)N(O)C(c1ccccc1)(c1ccccc1)c1ccccc1. The van der Waals surface area contributed by atoms with E-state index in [-0.39, 0.29) is 12.5 Å². The van der Waals surface area contributed by atoms with E-state index >= 15 is 0 Å². The first-order valence-electron chi connectivity index (χ1n) is 12.7. The first kappa shape index (κ1) is 23.7. The molecule has 1 amide bonds. The van der Waals surface area contributed by atoms with E-state index in [1.165, 1.54) is 0 Å². The number of hydrogen-bond acceptors (Lipinski definition) is 3. The lowest BCUT2D eigenvalue weighted by molar-refractivity contribution is -0.124. The van der Waals surface area contributed by atoms with Crippen LogP contribution in [0.15, 0.2) is 140 Å². The van der Waals surface area contributed by atoms with Gasteiger partial charge in [0.1, 0.15) is 12.1 Å². The van der Waals surface area contributed by atoms with Gasteiger partial charge in [-0.05, 0) is 38.9 Å². The molecule has 5 aromatic carbocycles. The van der Waals surface area contributed by atoms with Gasteiger partial charge >= 0.3 is 6.09 Å². The van der Waals surface area contributed by atoms with Gasteiger partial charge in [0.15, 0.2) is 0 Å². The summed E-state index contributed by atoms with van der Waals surface area (Å²) >= 11 is 0. The van der Waals surface area contributed by atoms with E-state index < -0.39 is 11.6 Å². The summed E-state index contributed by atoms with van der Waals surface area (Å²) in [6, 6.07) is 45.1. The average molecular weight is 498 g/mol. The van der Waals surface area contributed by atoms with Crippen molar-refractivity contribution in [3.63, 3.8) is 0 Å². The van der Waals surface area contributed by atoms with Crippen LogP contribution in [0.4, 0.5) is 4.79 Å². The first-order valence-corrected chi connectivity index (χ1v) is 12.7. The molecule has 6 rings (SSSR count). The predicted octanol–water partition coefficient (Wildman–Crippen LogP) is 7.62. The minimum atomic E-state index is -1.31. The lowest BCUT2D eigenvalue weighted by atomic mass is 9.77. The van der Waals surface area contributed by atoms with Crippen molar-refractivity contribution >= 4 is 6.09 Å². The molecule has 0 aromatic heterocycles. The van der Waals surface area contributed by atoms with Crippen LogP contribution in [-0.2, 0) is 10.3 Å². The lowest BCUT2D eigenvalue weighted by Crippen LogP contribution is -2.49. The number of carbonyl (C=O) groups is 1. The minimum absolute atomic E-state index is 0.109. The highest BCUT2D eigenvalue weighted by molar-refractivity contribution is 5.79. The fraction of sp³-hybridized carbons (Fsp3) is 0.0882. The summed E-state index contributed by atoms with van der Waals surface area (Å²) in [7, 11) is 0. The van der Waals surface area contributed by atoms with Gasteiger partial charge in [0.05, 0.1) is 0 Å². The minimum Gasteiger partial charge on any atom is -0.447 e. The molecule has 0 radical (unpaired) electrons. The number of hydroxylamine groups is 2. The van der Waals surface area contributed by atoms with Crippen LogP contribution in [-0.4, -0.2) is 23.0 Å². The molecular formula is C34H27NO3. The van der Waals surface area contributed by atoms with Crippen molar-refractivity contribution in [1.29, 1.82) is 0 Å². The molecule has 0 heterocycles. The number of ether oxygens (including phenoxy) is 1. The summed E-state index contributed by atoms with van der Waals surface area (Å²) in [5.74, 6) is -0.112.